The molecule has 0 aliphatic rings. The maximum Gasteiger partial charge on any atom is 0.407 e. The van der Waals surface area contributed by atoms with Crippen molar-refractivity contribution in [3.63, 3.8) is 0 Å². The van der Waals surface area contributed by atoms with Gasteiger partial charge < -0.3 is 25.4 Å². The Bertz CT molecular complexity index is 1280. The van der Waals surface area contributed by atoms with Crippen LogP contribution in [-0.2, 0) is 42.0 Å². The molecule has 11 heteroatoms. The van der Waals surface area contributed by atoms with E-state index in [2.05, 4.69) is 16.0 Å². The number of rotatable bonds is 17. The molecule has 3 amide bonds. The number of nitrogens with one attached hydrogen (secondary N) is 3. The van der Waals surface area contributed by atoms with Crippen LogP contribution in [0.3, 0.4) is 0 Å². The van der Waals surface area contributed by atoms with Gasteiger partial charge in [0, 0.05) is 36.0 Å². The van der Waals surface area contributed by atoms with Crippen LogP contribution in [0.25, 0.3) is 0 Å². The van der Waals surface area contributed by atoms with Crippen molar-refractivity contribution >= 4 is 47.4 Å². The number of hydrogen-bond donors (Lipinski definition) is 3. The maximum absolute atomic E-state index is 13.3. The smallest absolute Gasteiger partial charge is 0.407 e. The summed E-state index contributed by atoms with van der Waals surface area (Å²) < 4.78 is 10.1. The second-order valence-corrected chi connectivity index (χ2v) is 11.5. The van der Waals surface area contributed by atoms with Gasteiger partial charge in [0.15, 0.2) is 0 Å². The largest absolute Gasteiger partial charge is 0.467 e. The molecule has 9 nitrogen and oxygen atoms in total. The number of amides is 3. The first-order valence-corrected chi connectivity index (χ1v) is 16.1. The first kappa shape index (κ1) is 33.5. The summed E-state index contributed by atoms with van der Waals surface area (Å²) in [5.41, 5.74) is 3.03. The van der Waals surface area contributed by atoms with Crippen LogP contribution in [0, 0.1) is 0 Å². The van der Waals surface area contributed by atoms with E-state index in [1.807, 2.05) is 91.0 Å². The summed E-state index contributed by atoms with van der Waals surface area (Å²) in [5, 5.41) is 8.07. The maximum atomic E-state index is 13.3. The van der Waals surface area contributed by atoms with Crippen molar-refractivity contribution in [1.29, 1.82) is 0 Å². The minimum atomic E-state index is -0.905. The molecule has 3 aromatic carbocycles. The fourth-order valence-electron chi connectivity index (χ4n) is 3.82. The summed E-state index contributed by atoms with van der Waals surface area (Å²) >= 11 is 2.98. The number of esters is 1. The normalized spacial score (nSPS) is 11.9. The Labute approximate surface area is 260 Å². The summed E-state index contributed by atoms with van der Waals surface area (Å²) in [6.07, 6.45) is -0.695. The fraction of sp³-hybridized carbons (Fsp3) is 0.312. The molecule has 0 unspecified atom stereocenters. The van der Waals surface area contributed by atoms with Gasteiger partial charge in [0.2, 0.25) is 11.8 Å². The lowest BCUT2D eigenvalue weighted by Crippen LogP contribution is -2.53. The van der Waals surface area contributed by atoms with E-state index < -0.39 is 36.0 Å². The predicted molar refractivity (Wildman–Crippen MR) is 170 cm³/mol. The van der Waals surface area contributed by atoms with Crippen molar-refractivity contribution < 1.29 is 28.7 Å². The topological polar surface area (TPSA) is 123 Å². The second kappa shape index (κ2) is 19.3. The molecule has 0 aromatic heterocycles. The number of methoxy groups -OCH3 is 1. The third kappa shape index (κ3) is 13.3. The number of thioether (sulfide) groups is 2. The Morgan fingerprint density at radius 1 is 0.698 bits per heavy atom. The van der Waals surface area contributed by atoms with E-state index in [0.717, 1.165) is 16.7 Å². The zero-order valence-corrected chi connectivity index (χ0v) is 25.7. The van der Waals surface area contributed by atoms with Gasteiger partial charge in [-0.25, -0.2) is 9.59 Å². The number of benzene rings is 3. The first-order valence-electron chi connectivity index (χ1n) is 13.8. The van der Waals surface area contributed by atoms with Crippen LogP contribution in [0.1, 0.15) is 23.1 Å². The van der Waals surface area contributed by atoms with Gasteiger partial charge in [-0.1, -0.05) is 91.0 Å². The van der Waals surface area contributed by atoms with E-state index in [4.69, 9.17) is 9.47 Å². The van der Waals surface area contributed by atoms with Crippen LogP contribution in [0.15, 0.2) is 91.0 Å². The van der Waals surface area contributed by atoms with Crippen molar-refractivity contribution in [2.45, 2.75) is 36.6 Å². The molecule has 0 radical (unpaired) electrons. The van der Waals surface area contributed by atoms with Gasteiger partial charge in [0.1, 0.15) is 18.7 Å². The predicted octanol–water partition coefficient (Wildman–Crippen LogP) is 4.31. The lowest BCUT2D eigenvalue weighted by atomic mass is 10.2. The Balaban J connectivity index is 1.53. The zero-order valence-electron chi connectivity index (χ0n) is 24.0. The van der Waals surface area contributed by atoms with E-state index in [1.54, 1.807) is 0 Å². The van der Waals surface area contributed by atoms with Crippen molar-refractivity contribution in [1.82, 2.24) is 16.0 Å². The average Bonchev–Trinajstić information content (AvgIpc) is 3.04. The summed E-state index contributed by atoms with van der Waals surface area (Å²) in [6.45, 7) is 0.149. The van der Waals surface area contributed by atoms with Crippen LogP contribution in [0.2, 0.25) is 0 Å². The van der Waals surface area contributed by atoms with E-state index in [1.165, 1.54) is 30.6 Å². The summed E-state index contributed by atoms with van der Waals surface area (Å²) in [5.74, 6) is 0.427. The SMILES string of the molecule is COC(=O)[C@@H](CSCc1ccccc1)NC(=O)[C@H](CSCc1ccccc1)NC(=O)CCNC(=O)OCc1ccccc1. The molecule has 0 aliphatic heterocycles. The van der Waals surface area contributed by atoms with E-state index in [9.17, 15) is 19.2 Å². The quantitative estimate of drug-likeness (QED) is 0.190. The molecule has 0 bridgehead atoms. The van der Waals surface area contributed by atoms with Gasteiger partial charge >= 0.3 is 12.1 Å². The highest BCUT2D eigenvalue weighted by atomic mass is 32.2. The monoisotopic (exact) mass is 623 g/mol. The lowest BCUT2D eigenvalue weighted by Gasteiger charge is -2.22. The molecule has 0 spiro atoms. The van der Waals surface area contributed by atoms with E-state index in [-0.39, 0.29) is 25.3 Å². The van der Waals surface area contributed by atoms with Gasteiger partial charge in [-0.05, 0) is 16.7 Å². The molecule has 0 heterocycles. The number of hydrogen-bond acceptors (Lipinski definition) is 8. The molecule has 3 aromatic rings. The molecule has 228 valence electrons. The number of alkyl carbamates (subject to hydrolysis) is 1. The van der Waals surface area contributed by atoms with Crippen LogP contribution in [0.5, 0.6) is 0 Å². The highest BCUT2D eigenvalue weighted by molar-refractivity contribution is 7.98. The zero-order chi connectivity index (χ0) is 30.7. The van der Waals surface area contributed by atoms with Crippen LogP contribution >= 0.6 is 23.5 Å². The lowest BCUT2D eigenvalue weighted by molar-refractivity contribution is -0.144. The van der Waals surface area contributed by atoms with Crippen LogP contribution in [-0.4, -0.2) is 61.1 Å². The second-order valence-electron chi connectivity index (χ2n) is 9.44. The molecule has 0 aliphatic carbocycles. The molecule has 0 saturated carbocycles. The first-order chi connectivity index (χ1) is 20.9. The molecule has 0 fully saturated rings. The molecule has 0 saturated heterocycles. The van der Waals surface area contributed by atoms with E-state index >= 15 is 0 Å². The van der Waals surface area contributed by atoms with Crippen molar-refractivity contribution in [3.05, 3.63) is 108 Å². The number of ether oxygens (including phenoxy) is 2. The summed E-state index contributed by atoms with van der Waals surface area (Å²) in [7, 11) is 1.27. The van der Waals surface area contributed by atoms with Crippen molar-refractivity contribution in [3.8, 4) is 0 Å². The molecular weight excluding hydrogens is 587 g/mol. The van der Waals surface area contributed by atoms with Crippen LogP contribution in [0.4, 0.5) is 4.79 Å². The van der Waals surface area contributed by atoms with Gasteiger partial charge in [-0.3, -0.25) is 9.59 Å². The van der Waals surface area contributed by atoms with Crippen molar-refractivity contribution in [2.75, 3.05) is 25.2 Å². The molecule has 3 N–H and O–H groups in total. The van der Waals surface area contributed by atoms with Crippen LogP contribution < -0.4 is 16.0 Å². The summed E-state index contributed by atoms with van der Waals surface area (Å²) in [6, 6.07) is 27.1. The Hall–Kier alpha value is -3.96. The third-order valence-electron chi connectivity index (χ3n) is 6.08. The minimum absolute atomic E-state index is 0.0336. The van der Waals surface area contributed by atoms with Crippen molar-refractivity contribution in [2.24, 2.45) is 0 Å². The third-order valence-corrected chi connectivity index (χ3v) is 8.29. The minimum Gasteiger partial charge on any atom is -0.467 e. The van der Waals surface area contributed by atoms with Gasteiger partial charge in [-0.15, -0.1) is 0 Å². The highest BCUT2D eigenvalue weighted by Gasteiger charge is 2.27. The van der Waals surface area contributed by atoms with Gasteiger partial charge in [0.25, 0.3) is 0 Å². The number of carbonyl (C=O) groups excluding carboxylic acids is 4. The van der Waals surface area contributed by atoms with Gasteiger partial charge in [0.05, 0.1) is 7.11 Å². The standard InChI is InChI=1S/C32H37N3O6S2/c1-40-31(38)28(23-43-21-26-15-9-4-10-16-26)35-30(37)27(22-42-20-25-13-7-3-8-14-25)34-29(36)17-18-33-32(39)41-19-24-11-5-2-6-12-24/h2-16,27-28H,17-23H2,1H3,(H,33,39)(H,34,36)(H,35,37)/t27-,28+/m0/s1. The number of carbonyl (C=O) groups is 4. The molecule has 43 heavy (non-hydrogen) atoms. The molecule has 2 atom stereocenters. The fourth-order valence-corrected chi connectivity index (χ4v) is 5.84. The summed E-state index contributed by atoms with van der Waals surface area (Å²) in [4.78, 5) is 50.6. The van der Waals surface area contributed by atoms with Gasteiger partial charge in [-0.2, -0.15) is 23.5 Å². The Kier molecular flexibility index (Phi) is 15.0. The highest BCUT2D eigenvalue weighted by Crippen LogP contribution is 2.15. The molecule has 3 rings (SSSR count). The average molecular weight is 624 g/mol. The van der Waals surface area contributed by atoms with E-state index in [0.29, 0.717) is 17.3 Å². The Morgan fingerprint density at radius 3 is 1.74 bits per heavy atom. The molecular formula is C32H37N3O6S2. The Morgan fingerprint density at radius 2 is 1.21 bits per heavy atom.